The van der Waals surface area contributed by atoms with Crippen molar-refractivity contribution in [1.29, 1.82) is 0 Å². The number of nitrogens with one attached hydrogen (secondary N) is 4. The molecule has 2 aromatic carbocycles. The van der Waals surface area contributed by atoms with Crippen LogP contribution in [0.1, 0.15) is 24.8 Å². The van der Waals surface area contributed by atoms with E-state index in [2.05, 4.69) is 21.5 Å². The van der Waals surface area contributed by atoms with Gasteiger partial charge in [0.2, 0.25) is 17.7 Å². The molecular weight excluding hydrogens is 412 g/mol. The molecule has 4 N–H and O–H groups in total. The SMILES string of the molecule is O=C(CCC(=O)Nc1ccccc1Cl)NNC(=S)NC(=O)CCc1ccccc1. The Kier molecular flexibility index (Phi) is 9.07. The van der Waals surface area contributed by atoms with Crippen LogP contribution in [0.4, 0.5) is 5.69 Å². The second kappa shape index (κ2) is 11.8. The summed E-state index contributed by atoms with van der Waals surface area (Å²) < 4.78 is 0. The maximum Gasteiger partial charge on any atom is 0.238 e. The second-order valence-electron chi connectivity index (χ2n) is 6.06. The van der Waals surface area contributed by atoms with Gasteiger partial charge in [0.25, 0.3) is 0 Å². The van der Waals surface area contributed by atoms with Gasteiger partial charge in [0, 0.05) is 19.3 Å². The number of hydrogen-bond acceptors (Lipinski definition) is 4. The molecule has 7 nitrogen and oxygen atoms in total. The molecule has 0 saturated heterocycles. The lowest BCUT2D eigenvalue weighted by atomic mass is 10.1. The number of hydrazine groups is 1. The number of thiocarbonyl (C=S) groups is 1. The minimum atomic E-state index is -0.444. The van der Waals surface area contributed by atoms with Crippen molar-refractivity contribution in [2.45, 2.75) is 25.7 Å². The zero-order chi connectivity index (χ0) is 21.1. The van der Waals surface area contributed by atoms with Gasteiger partial charge in [0.05, 0.1) is 10.7 Å². The molecule has 2 aromatic rings. The molecule has 0 atom stereocenters. The van der Waals surface area contributed by atoms with Gasteiger partial charge < -0.3 is 10.6 Å². The number of carbonyl (C=O) groups excluding carboxylic acids is 3. The Bertz CT molecular complexity index is 877. The van der Waals surface area contributed by atoms with Crippen molar-refractivity contribution in [2.75, 3.05) is 5.32 Å². The van der Waals surface area contributed by atoms with Crippen LogP contribution in [0.15, 0.2) is 54.6 Å². The second-order valence-corrected chi connectivity index (χ2v) is 6.88. The first-order valence-corrected chi connectivity index (χ1v) is 9.69. The summed E-state index contributed by atoms with van der Waals surface area (Å²) in [5, 5.41) is 5.51. The van der Waals surface area contributed by atoms with Crippen molar-refractivity contribution in [2.24, 2.45) is 0 Å². The standard InChI is InChI=1S/C20H21ClN4O3S/c21-15-8-4-5-9-16(15)22-17(26)12-13-19(28)24-25-20(29)23-18(27)11-10-14-6-2-1-3-7-14/h1-9H,10-13H2,(H,22,26)(H,24,28)(H2,23,25,27,29). The van der Waals surface area contributed by atoms with E-state index in [1.165, 1.54) is 0 Å². The zero-order valence-electron chi connectivity index (χ0n) is 15.5. The molecule has 0 spiro atoms. The Hall–Kier alpha value is -2.97. The summed E-state index contributed by atoms with van der Waals surface area (Å²) in [5.41, 5.74) is 6.31. The van der Waals surface area contributed by atoms with Gasteiger partial charge in [-0.3, -0.25) is 25.2 Å². The van der Waals surface area contributed by atoms with Crippen LogP contribution in [0.2, 0.25) is 5.02 Å². The molecule has 0 fully saturated rings. The van der Waals surface area contributed by atoms with Crippen LogP contribution >= 0.6 is 23.8 Å². The molecule has 0 aliphatic heterocycles. The molecule has 0 aliphatic carbocycles. The molecule has 0 bridgehead atoms. The van der Waals surface area contributed by atoms with Gasteiger partial charge in [-0.15, -0.1) is 0 Å². The van der Waals surface area contributed by atoms with Crippen LogP contribution in [0.5, 0.6) is 0 Å². The molecule has 0 aliphatic rings. The van der Waals surface area contributed by atoms with Gasteiger partial charge in [0.1, 0.15) is 0 Å². The highest BCUT2D eigenvalue weighted by Gasteiger charge is 2.10. The van der Waals surface area contributed by atoms with E-state index in [4.69, 9.17) is 23.8 Å². The molecule has 0 aromatic heterocycles. The minimum absolute atomic E-state index is 0.0167. The Morgan fingerprint density at radius 1 is 0.793 bits per heavy atom. The number of hydrogen-bond donors (Lipinski definition) is 4. The van der Waals surface area contributed by atoms with Crippen LogP contribution in [-0.2, 0) is 20.8 Å². The summed E-state index contributed by atoms with van der Waals surface area (Å²) in [4.78, 5) is 35.6. The maximum atomic E-state index is 11.9. The summed E-state index contributed by atoms with van der Waals surface area (Å²) in [6, 6.07) is 16.4. The Morgan fingerprint density at radius 3 is 2.17 bits per heavy atom. The Labute approximate surface area is 179 Å². The van der Waals surface area contributed by atoms with Crippen molar-refractivity contribution in [3.8, 4) is 0 Å². The fourth-order valence-corrected chi connectivity index (χ4v) is 2.66. The topological polar surface area (TPSA) is 99.3 Å². The lowest BCUT2D eigenvalue weighted by molar-refractivity contribution is -0.124. The largest absolute Gasteiger partial charge is 0.325 e. The van der Waals surface area contributed by atoms with E-state index in [-0.39, 0.29) is 36.2 Å². The van der Waals surface area contributed by atoms with Gasteiger partial charge in [-0.05, 0) is 36.3 Å². The monoisotopic (exact) mass is 432 g/mol. The van der Waals surface area contributed by atoms with E-state index in [1.807, 2.05) is 30.3 Å². The van der Waals surface area contributed by atoms with Crippen LogP contribution in [-0.4, -0.2) is 22.8 Å². The summed E-state index contributed by atoms with van der Waals surface area (Å²) >= 11 is 10.9. The third kappa shape index (κ3) is 8.71. The van der Waals surface area contributed by atoms with E-state index in [0.29, 0.717) is 17.1 Å². The van der Waals surface area contributed by atoms with Crippen molar-refractivity contribution >= 4 is 52.3 Å². The normalized spacial score (nSPS) is 9.97. The third-order valence-corrected chi connectivity index (χ3v) is 4.31. The number of amides is 3. The predicted octanol–water partition coefficient (Wildman–Crippen LogP) is 2.71. The van der Waals surface area contributed by atoms with Crippen molar-refractivity contribution in [1.82, 2.24) is 16.2 Å². The van der Waals surface area contributed by atoms with Crippen LogP contribution in [0, 0.1) is 0 Å². The lowest BCUT2D eigenvalue weighted by Gasteiger charge is -2.11. The highest BCUT2D eigenvalue weighted by Crippen LogP contribution is 2.20. The average Bonchev–Trinajstić information content (AvgIpc) is 2.71. The highest BCUT2D eigenvalue weighted by atomic mass is 35.5. The zero-order valence-corrected chi connectivity index (χ0v) is 17.1. The number of aryl methyl sites for hydroxylation is 1. The summed E-state index contributed by atoms with van der Waals surface area (Å²) in [6.07, 6.45) is 0.757. The first kappa shape index (κ1) is 22.3. The van der Waals surface area contributed by atoms with Gasteiger partial charge in [-0.1, -0.05) is 54.1 Å². The molecule has 0 radical (unpaired) electrons. The van der Waals surface area contributed by atoms with Crippen LogP contribution < -0.4 is 21.5 Å². The minimum Gasteiger partial charge on any atom is -0.325 e. The van der Waals surface area contributed by atoms with E-state index in [9.17, 15) is 14.4 Å². The average molecular weight is 433 g/mol. The summed E-state index contributed by atoms with van der Waals surface area (Å²) in [7, 11) is 0. The molecular formula is C20H21ClN4O3S. The first-order valence-electron chi connectivity index (χ1n) is 8.91. The highest BCUT2D eigenvalue weighted by molar-refractivity contribution is 7.80. The molecule has 0 unspecified atom stereocenters. The molecule has 3 amide bonds. The molecule has 0 saturated carbocycles. The van der Waals surface area contributed by atoms with E-state index in [0.717, 1.165) is 5.56 Å². The van der Waals surface area contributed by atoms with Gasteiger partial charge in [-0.2, -0.15) is 0 Å². The molecule has 0 heterocycles. The number of carbonyl (C=O) groups is 3. The predicted molar refractivity (Wildman–Crippen MR) is 116 cm³/mol. The molecule has 29 heavy (non-hydrogen) atoms. The van der Waals surface area contributed by atoms with Crippen LogP contribution in [0.25, 0.3) is 0 Å². The summed E-state index contributed by atoms with van der Waals surface area (Å²) in [6.45, 7) is 0. The lowest BCUT2D eigenvalue weighted by Crippen LogP contribution is -2.48. The fraction of sp³-hybridized carbons (Fsp3) is 0.200. The van der Waals surface area contributed by atoms with Crippen molar-refractivity contribution in [3.05, 3.63) is 65.2 Å². The van der Waals surface area contributed by atoms with Gasteiger partial charge in [-0.25, -0.2) is 0 Å². The number of benzene rings is 2. The number of anilines is 1. The van der Waals surface area contributed by atoms with E-state index < -0.39 is 5.91 Å². The third-order valence-electron chi connectivity index (χ3n) is 3.78. The number of rotatable bonds is 7. The molecule has 152 valence electrons. The Balaban J connectivity index is 1.61. The number of para-hydroxylation sites is 1. The van der Waals surface area contributed by atoms with E-state index >= 15 is 0 Å². The maximum absolute atomic E-state index is 11.9. The van der Waals surface area contributed by atoms with E-state index in [1.54, 1.807) is 24.3 Å². The van der Waals surface area contributed by atoms with Crippen molar-refractivity contribution < 1.29 is 14.4 Å². The quantitative estimate of drug-likeness (QED) is 0.398. The number of halogens is 1. The van der Waals surface area contributed by atoms with Crippen molar-refractivity contribution in [3.63, 3.8) is 0 Å². The first-order chi connectivity index (χ1) is 13.9. The van der Waals surface area contributed by atoms with Gasteiger partial charge in [0.15, 0.2) is 5.11 Å². The Morgan fingerprint density at radius 2 is 1.45 bits per heavy atom. The smallest absolute Gasteiger partial charge is 0.238 e. The van der Waals surface area contributed by atoms with Crippen LogP contribution in [0.3, 0.4) is 0 Å². The fourth-order valence-electron chi connectivity index (χ4n) is 2.31. The molecule has 2 rings (SSSR count). The summed E-state index contributed by atoms with van der Waals surface area (Å²) in [5.74, 6) is -1.05. The molecule has 9 heteroatoms. The van der Waals surface area contributed by atoms with Gasteiger partial charge >= 0.3 is 0 Å².